The molecule has 1 heterocycles. The predicted molar refractivity (Wildman–Crippen MR) is 83.2 cm³/mol. The van der Waals surface area contributed by atoms with Gasteiger partial charge >= 0.3 is 0 Å². The van der Waals surface area contributed by atoms with Crippen molar-refractivity contribution in [2.24, 2.45) is 0 Å². The van der Waals surface area contributed by atoms with Gasteiger partial charge in [0.25, 0.3) is 0 Å². The smallest absolute Gasteiger partial charge is 0.195 e. The van der Waals surface area contributed by atoms with Crippen molar-refractivity contribution in [3.8, 4) is 0 Å². The molecule has 106 valence electrons. The van der Waals surface area contributed by atoms with Gasteiger partial charge in [-0.2, -0.15) is 0 Å². The Balaban J connectivity index is 2.16. The van der Waals surface area contributed by atoms with Crippen molar-refractivity contribution in [3.63, 3.8) is 0 Å². The predicted octanol–water partition coefficient (Wildman–Crippen LogP) is 5.50. The molecule has 0 saturated heterocycles. The summed E-state index contributed by atoms with van der Waals surface area (Å²) in [6, 6.07) is 7.14. The first-order valence-electron chi connectivity index (χ1n) is 5.93. The van der Waals surface area contributed by atoms with Crippen LogP contribution >= 0.6 is 34.8 Å². The van der Waals surface area contributed by atoms with Gasteiger partial charge in [0, 0.05) is 33.2 Å². The van der Waals surface area contributed by atoms with E-state index >= 15 is 0 Å². The summed E-state index contributed by atoms with van der Waals surface area (Å²) in [4.78, 5) is 15.4. The molecule has 0 spiro atoms. The number of fused-ring (bicyclic) bond motifs is 1. The monoisotopic (exact) mass is 341 g/mol. The van der Waals surface area contributed by atoms with Crippen LogP contribution in [0.25, 0.3) is 10.9 Å². The van der Waals surface area contributed by atoms with Crippen molar-refractivity contribution in [3.05, 3.63) is 68.5 Å². The van der Waals surface area contributed by atoms with Crippen molar-refractivity contribution in [2.45, 2.75) is 0 Å². The van der Waals surface area contributed by atoms with E-state index in [9.17, 15) is 9.18 Å². The van der Waals surface area contributed by atoms with E-state index in [1.165, 1.54) is 18.3 Å². The van der Waals surface area contributed by atoms with E-state index in [0.717, 1.165) is 6.07 Å². The molecule has 1 N–H and O–H groups in total. The van der Waals surface area contributed by atoms with Gasteiger partial charge in [-0.15, -0.1) is 0 Å². The molecule has 0 bridgehead atoms. The van der Waals surface area contributed by atoms with Gasteiger partial charge in [-0.25, -0.2) is 4.39 Å². The van der Waals surface area contributed by atoms with Crippen molar-refractivity contribution in [1.82, 2.24) is 4.98 Å². The second kappa shape index (κ2) is 5.34. The first-order chi connectivity index (χ1) is 9.97. The Kier molecular flexibility index (Phi) is 3.66. The van der Waals surface area contributed by atoms with E-state index in [2.05, 4.69) is 4.98 Å². The highest BCUT2D eigenvalue weighted by Gasteiger charge is 2.18. The Morgan fingerprint density at radius 2 is 1.81 bits per heavy atom. The Labute approximate surface area is 134 Å². The molecule has 0 aliphatic rings. The van der Waals surface area contributed by atoms with Crippen LogP contribution in [0.2, 0.25) is 15.1 Å². The van der Waals surface area contributed by atoms with Crippen LogP contribution in [-0.4, -0.2) is 10.8 Å². The number of nitrogens with one attached hydrogen (secondary N) is 1. The van der Waals surface area contributed by atoms with E-state index < -0.39 is 5.82 Å². The first kappa shape index (κ1) is 14.4. The maximum absolute atomic E-state index is 13.5. The summed E-state index contributed by atoms with van der Waals surface area (Å²) in [5.41, 5.74) is 1.20. The lowest BCUT2D eigenvalue weighted by atomic mass is 10.0. The number of aromatic nitrogens is 1. The van der Waals surface area contributed by atoms with Gasteiger partial charge in [0.2, 0.25) is 0 Å². The average Bonchev–Trinajstić information content (AvgIpc) is 2.85. The summed E-state index contributed by atoms with van der Waals surface area (Å²) in [5.74, 6) is -0.988. The van der Waals surface area contributed by atoms with Gasteiger partial charge in [-0.3, -0.25) is 4.79 Å². The average molecular weight is 343 g/mol. The Hall–Kier alpha value is -1.55. The highest BCUT2D eigenvalue weighted by atomic mass is 35.5. The van der Waals surface area contributed by atoms with Gasteiger partial charge in [-0.1, -0.05) is 34.8 Å². The van der Waals surface area contributed by atoms with Gasteiger partial charge in [0.1, 0.15) is 5.82 Å². The number of hydrogen-bond donors (Lipinski definition) is 1. The van der Waals surface area contributed by atoms with Crippen molar-refractivity contribution in [1.29, 1.82) is 0 Å². The molecular weight excluding hydrogens is 336 g/mol. The molecular formula is C15H7Cl3FNO. The fourth-order valence-corrected chi connectivity index (χ4v) is 2.87. The molecule has 0 saturated carbocycles. The fourth-order valence-electron chi connectivity index (χ4n) is 2.16. The molecule has 6 heteroatoms. The summed E-state index contributed by atoms with van der Waals surface area (Å²) >= 11 is 17.7. The summed E-state index contributed by atoms with van der Waals surface area (Å²) < 4.78 is 13.5. The number of carbonyl (C=O) groups excluding carboxylic acids is 1. The molecule has 3 aromatic rings. The maximum atomic E-state index is 13.5. The Bertz CT molecular complexity index is 873. The van der Waals surface area contributed by atoms with E-state index in [-0.39, 0.29) is 16.4 Å². The number of aromatic amines is 1. The first-order valence-corrected chi connectivity index (χ1v) is 7.06. The standard InChI is InChI=1S/C15H7Cl3FNO/c16-8-4-11(18)14-9(6-20-13(14)5-8)15(21)7-1-2-10(17)12(19)3-7/h1-6,20H. The number of rotatable bonds is 2. The summed E-state index contributed by atoms with van der Waals surface area (Å²) in [6.45, 7) is 0. The minimum Gasteiger partial charge on any atom is -0.360 e. The largest absolute Gasteiger partial charge is 0.360 e. The number of H-pyrrole nitrogens is 1. The van der Waals surface area contributed by atoms with Crippen LogP contribution in [-0.2, 0) is 0 Å². The van der Waals surface area contributed by atoms with E-state index in [1.807, 2.05) is 0 Å². The maximum Gasteiger partial charge on any atom is 0.195 e. The molecule has 0 radical (unpaired) electrons. The number of carbonyl (C=O) groups is 1. The number of halogens is 4. The van der Waals surface area contributed by atoms with E-state index in [0.29, 0.717) is 26.5 Å². The molecule has 1 aromatic heterocycles. The van der Waals surface area contributed by atoms with Crippen molar-refractivity contribution >= 4 is 51.5 Å². The molecule has 0 fully saturated rings. The Morgan fingerprint density at radius 1 is 1.05 bits per heavy atom. The third kappa shape index (κ3) is 2.53. The SMILES string of the molecule is O=C(c1ccc(Cl)c(F)c1)c1c[nH]c2cc(Cl)cc(Cl)c12. The zero-order valence-corrected chi connectivity index (χ0v) is 12.7. The lowest BCUT2D eigenvalue weighted by Gasteiger charge is -2.03. The van der Waals surface area contributed by atoms with Gasteiger partial charge < -0.3 is 4.98 Å². The van der Waals surface area contributed by atoms with Gasteiger partial charge in [0.15, 0.2) is 5.78 Å². The van der Waals surface area contributed by atoms with Gasteiger partial charge in [-0.05, 0) is 30.3 Å². The molecule has 0 aliphatic carbocycles. The highest BCUT2D eigenvalue weighted by molar-refractivity contribution is 6.40. The van der Waals surface area contributed by atoms with Crippen LogP contribution in [0.1, 0.15) is 15.9 Å². The second-order valence-corrected chi connectivity index (χ2v) is 5.72. The van der Waals surface area contributed by atoms with Crippen LogP contribution in [0.3, 0.4) is 0 Å². The van der Waals surface area contributed by atoms with Crippen LogP contribution in [0.15, 0.2) is 36.5 Å². The second-order valence-electron chi connectivity index (χ2n) is 4.47. The van der Waals surface area contributed by atoms with Crippen LogP contribution < -0.4 is 0 Å². The van der Waals surface area contributed by atoms with Crippen molar-refractivity contribution < 1.29 is 9.18 Å². The summed E-state index contributed by atoms with van der Waals surface area (Å²) in [5, 5.41) is 1.35. The lowest BCUT2D eigenvalue weighted by Crippen LogP contribution is -2.01. The van der Waals surface area contributed by atoms with Crippen molar-refractivity contribution in [2.75, 3.05) is 0 Å². The zero-order valence-electron chi connectivity index (χ0n) is 10.4. The molecule has 21 heavy (non-hydrogen) atoms. The van der Waals surface area contributed by atoms with Crippen LogP contribution in [0.5, 0.6) is 0 Å². The molecule has 2 nitrogen and oxygen atoms in total. The lowest BCUT2D eigenvalue weighted by molar-refractivity contribution is 0.104. The zero-order chi connectivity index (χ0) is 15.1. The summed E-state index contributed by atoms with van der Waals surface area (Å²) in [6.07, 6.45) is 1.53. The quantitative estimate of drug-likeness (QED) is 0.613. The molecule has 2 aromatic carbocycles. The third-order valence-corrected chi connectivity index (χ3v) is 3.95. The number of hydrogen-bond acceptors (Lipinski definition) is 1. The third-order valence-electron chi connectivity index (χ3n) is 3.12. The number of benzene rings is 2. The normalized spacial score (nSPS) is 11.0. The van der Waals surface area contributed by atoms with E-state index in [4.69, 9.17) is 34.8 Å². The number of ketones is 1. The fraction of sp³-hybridized carbons (Fsp3) is 0. The molecule has 0 amide bonds. The molecule has 0 atom stereocenters. The van der Waals surface area contributed by atoms with Gasteiger partial charge in [0.05, 0.1) is 10.0 Å². The topological polar surface area (TPSA) is 32.9 Å². The summed E-state index contributed by atoms with van der Waals surface area (Å²) in [7, 11) is 0. The highest BCUT2D eigenvalue weighted by Crippen LogP contribution is 2.31. The Morgan fingerprint density at radius 3 is 2.52 bits per heavy atom. The minimum absolute atomic E-state index is 0.0321. The molecule has 3 rings (SSSR count). The minimum atomic E-state index is -0.642. The van der Waals surface area contributed by atoms with E-state index in [1.54, 1.807) is 12.1 Å². The van der Waals surface area contributed by atoms with Crippen LogP contribution in [0.4, 0.5) is 4.39 Å². The molecule has 0 unspecified atom stereocenters. The molecule has 0 aliphatic heterocycles. The van der Waals surface area contributed by atoms with Crippen LogP contribution in [0, 0.1) is 5.82 Å².